The summed E-state index contributed by atoms with van der Waals surface area (Å²) in [6, 6.07) is -4.64. The van der Waals surface area contributed by atoms with Gasteiger partial charge in [0.1, 0.15) is 54.5 Å². The third-order valence-electron chi connectivity index (χ3n) is 8.39. The Morgan fingerprint density at radius 3 is 1.87 bits per heavy atom. The zero-order chi connectivity index (χ0) is 33.7. The van der Waals surface area contributed by atoms with Crippen LogP contribution in [0.1, 0.15) is 19.3 Å². The molecule has 0 aromatic heterocycles. The smallest absolute Gasteiger partial charge is 0.199 e. The second-order valence-electron chi connectivity index (χ2n) is 11.7. The van der Waals surface area contributed by atoms with E-state index in [1.165, 1.54) is 0 Å². The third-order valence-corrected chi connectivity index (χ3v) is 8.39. The van der Waals surface area contributed by atoms with Crippen LogP contribution in [0.15, 0.2) is 11.5 Å². The van der Waals surface area contributed by atoms with Crippen molar-refractivity contribution in [1.82, 2.24) is 0 Å². The molecule has 45 heavy (non-hydrogen) atoms. The molecule has 3 fully saturated rings. The van der Waals surface area contributed by atoms with Gasteiger partial charge in [0.25, 0.3) is 0 Å². The maximum absolute atomic E-state index is 10.8. The molecular formula is C25H50N6O14. The Balaban J connectivity index is 1.72. The summed E-state index contributed by atoms with van der Waals surface area (Å²) in [5.41, 5.74) is 35.3. The van der Waals surface area contributed by atoms with E-state index >= 15 is 0 Å². The summed E-state index contributed by atoms with van der Waals surface area (Å²) < 4.78 is 27.9. The van der Waals surface area contributed by atoms with Crippen LogP contribution in [0, 0.1) is 0 Å². The second-order valence-corrected chi connectivity index (χ2v) is 11.7. The average molecular weight is 659 g/mol. The average Bonchev–Trinajstić information content (AvgIpc) is 2.99. The number of hydrogen-bond donors (Lipinski definition) is 15. The zero-order valence-corrected chi connectivity index (χ0v) is 24.6. The van der Waals surface area contributed by atoms with Crippen molar-refractivity contribution in [2.45, 2.75) is 123 Å². The highest BCUT2D eigenvalue weighted by atomic mass is 16.7. The van der Waals surface area contributed by atoms with E-state index in [4.69, 9.17) is 58.1 Å². The van der Waals surface area contributed by atoms with Crippen LogP contribution < -0.4 is 34.4 Å². The Bertz CT molecular complexity index is 958. The summed E-state index contributed by atoms with van der Waals surface area (Å²) >= 11 is 0. The Morgan fingerprint density at radius 1 is 0.756 bits per heavy atom. The standard InChI is InChI=1S/C25H50N6O14/c26-7-3-9(28)20(18(38)15(7)35)44-24(40)13(30)22(11(34)1-2-32)41-6-42-23-14(31)25(43-12(5-33)17(23)37)45-21-10(29)4-8(27)16(36)19(21)39/h7-12,14-21,23-25,32-40H,1-6,26-31H2/b22-13-/t7-,8+,9?,10?,11-,12?,14?,15?,16?,17+,18?,19?,20-,21+,23?,24-,25+/m0/s1. The highest BCUT2D eigenvalue weighted by molar-refractivity contribution is 5.12. The lowest BCUT2D eigenvalue weighted by atomic mass is 9.84. The van der Waals surface area contributed by atoms with Gasteiger partial charge in [-0.25, -0.2) is 0 Å². The van der Waals surface area contributed by atoms with E-state index in [2.05, 4.69) is 0 Å². The fourth-order valence-corrected chi connectivity index (χ4v) is 5.66. The van der Waals surface area contributed by atoms with Crippen LogP contribution in [0.2, 0.25) is 0 Å². The van der Waals surface area contributed by atoms with Crippen molar-refractivity contribution in [2.24, 2.45) is 34.4 Å². The van der Waals surface area contributed by atoms with Crippen molar-refractivity contribution in [3.05, 3.63) is 11.5 Å². The fraction of sp³-hybridized carbons (Fsp3) is 0.920. The van der Waals surface area contributed by atoms with Gasteiger partial charge in [-0.15, -0.1) is 0 Å². The molecule has 20 heteroatoms. The van der Waals surface area contributed by atoms with Crippen molar-refractivity contribution in [3.63, 3.8) is 0 Å². The summed E-state index contributed by atoms with van der Waals surface area (Å²) in [6.07, 6.45) is -17.7. The minimum atomic E-state index is -2.03. The molecule has 20 nitrogen and oxygen atoms in total. The molecule has 2 saturated carbocycles. The lowest BCUT2D eigenvalue weighted by Gasteiger charge is -2.46. The number of nitrogens with two attached hydrogens (primary N) is 6. The van der Waals surface area contributed by atoms with Crippen molar-refractivity contribution >= 4 is 0 Å². The fourth-order valence-electron chi connectivity index (χ4n) is 5.66. The molecular weight excluding hydrogens is 608 g/mol. The van der Waals surface area contributed by atoms with Gasteiger partial charge in [-0.1, -0.05) is 0 Å². The highest BCUT2D eigenvalue weighted by Crippen LogP contribution is 2.29. The van der Waals surface area contributed by atoms with Crippen molar-refractivity contribution in [1.29, 1.82) is 0 Å². The van der Waals surface area contributed by atoms with E-state index in [0.29, 0.717) is 0 Å². The topological polar surface area (TPSA) is 384 Å². The molecule has 0 spiro atoms. The Labute approximate surface area is 259 Å². The molecule has 0 aromatic carbocycles. The number of hydrogen-bond acceptors (Lipinski definition) is 20. The van der Waals surface area contributed by atoms with Gasteiger partial charge in [0.05, 0.1) is 24.9 Å². The molecule has 1 heterocycles. The van der Waals surface area contributed by atoms with Crippen LogP contribution in [-0.4, -0.2) is 170 Å². The van der Waals surface area contributed by atoms with Crippen molar-refractivity contribution < 1.29 is 69.6 Å². The van der Waals surface area contributed by atoms with Crippen LogP contribution in [0.4, 0.5) is 0 Å². The van der Waals surface area contributed by atoms with Gasteiger partial charge in [0.15, 0.2) is 25.1 Å². The Morgan fingerprint density at radius 2 is 1.31 bits per heavy atom. The van der Waals surface area contributed by atoms with E-state index in [9.17, 15) is 46.0 Å². The molecule has 0 aromatic rings. The summed E-state index contributed by atoms with van der Waals surface area (Å²) in [5.74, 6) is -0.504. The second kappa shape index (κ2) is 16.6. The SMILES string of the molecule is N/C(=C(\OCOC1C(N)[C@@H](O[C@@H]2C(N)C[C@@H](N)C(O)C2O)OC(CO)[C@H]1O)[C@@H](O)CCO)[C@@H](O)O[C@H]1C(N)C[C@H](N)C(O)C1O. The molecule has 3 aliphatic rings. The molecule has 0 bridgehead atoms. The molecule has 9 unspecified atom stereocenters. The van der Waals surface area contributed by atoms with Crippen LogP contribution in [0.5, 0.6) is 0 Å². The van der Waals surface area contributed by atoms with Gasteiger partial charge in [-0.2, -0.15) is 0 Å². The van der Waals surface area contributed by atoms with Gasteiger partial charge in [0.2, 0.25) is 0 Å². The normalized spacial score (nSPS) is 44.6. The van der Waals surface area contributed by atoms with Crippen LogP contribution in [0.3, 0.4) is 0 Å². The Hall–Kier alpha value is -1.38. The minimum absolute atomic E-state index is 0.0521. The predicted octanol–water partition coefficient (Wildman–Crippen LogP) is -8.69. The van der Waals surface area contributed by atoms with E-state index < -0.39 is 135 Å². The Kier molecular flexibility index (Phi) is 14.1. The van der Waals surface area contributed by atoms with Crippen molar-refractivity contribution in [3.8, 4) is 0 Å². The largest absolute Gasteiger partial charge is 0.467 e. The first kappa shape index (κ1) is 38.1. The monoisotopic (exact) mass is 658 g/mol. The highest BCUT2D eigenvalue weighted by Gasteiger charge is 2.49. The summed E-state index contributed by atoms with van der Waals surface area (Å²) in [6.45, 7) is -2.00. The molecule has 1 aliphatic heterocycles. The van der Waals surface area contributed by atoms with Gasteiger partial charge < -0.3 is 104 Å². The zero-order valence-electron chi connectivity index (χ0n) is 24.6. The van der Waals surface area contributed by atoms with Gasteiger partial charge in [-0.3, -0.25) is 0 Å². The van der Waals surface area contributed by atoms with Gasteiger partial charge in [-0.05, 0) is 12.8 Å². The van der Waals surface area contributed by atoms with Crippen molar-refractivity contribution in [2.75, 3.05) is 20.0 Å². The predicted molar refractivity (Wildman–Crippen MR) is 150 cm³/mol. The van der Waals surface area contributed by atoms with Crippen LogP contribution in [-0.2, 0) is 23.7 Å². The number of aliphatic hydroxyl groups is 9. The number of ether oxygens (including phenoxy) is 5. The van der Waals surface area contributed by atoms with Gasteiger partial charge in [0, 0.05) is 37.2 Å². The maximum atomic E-state index is 10.8. The lowest BCUT2D eigenvalue weighted by molar-refractivity contribution is -0.304. The van der Waals surface area contributed by atoms with E-state index in [1.807, 2.05) is 0 Å². The number of aliphatic hydroxyl groups excluding tert-OH is 9. The molecule has 1 saturated heterocycles. The van der Waals surface area contributed by atoms with E-state index in [1.54, 1.807) is 0 Å². The van der Waals surface area contributed by atoms with Crippen LogP contribution in [0.25, 0.3) is 0 Å². The molecule has 2 aliphatic carbocycles. The molecule has 0 radical (unpaired) electrons. The summed E-state index contributed by atoms with van der Waals surface area (Å²) in [7, 11) is 0. The minimum Gasteiger partial charge on any atom is -0.467 e. The molecule has 3 rings (SSSR count). The van der Waals surface area contributed by atoms with E-state index in [-0.39, 0.29) is 19.3 Å². The molecule has 17 atom stereocenters. The first-order valence-corrected chi connectivity index (χ1v) is 14.6. The van der Waals surface area contributed by atoms with Crippen LogP contribution >= 0.6 is 0 Å². The first-order valence-electron chi connectivity index (χ1n) is 14.6. The molecule has 264 valence electrons. The lowest BCUT2D eigenvalue weighted by Crippen LogP contribution is -2.67. The van der Waals surface area contributed by atoms with Gasteiger partial charge >= 0.3 is 0 Å². The number of rotatable bonds is 13. The first-order chi connectivity index (χ1) is 21.1. The third kappa shape index (κ3) is 8.76. The van der Waals surface area contributed by atoms with E-state index in [0.717, 1.165) is 0 Å². The summed E-state index contributed by atoms with van der Waals surface area (Å²) in [4.78, 5) is 0. The summed E-state index contributed by atoms with van der Waals surface area (Å²) in [5, 5.41) is 92.2. The maximum Gasteiger partial charge on any atom is 0.199 e. The molecule has 0 amide bonds. The quantitative estimate of drug-likeness (QED) is 0.0645. The molecule has 21 N–H and O–H groups in total.